The zero-order valence-electron chi connectivity index (χ0n) is 27.7. The first kappa shape index (κ1) is 37.3. The maximum absolute atomic E-state index is 13.7. The van der Waals surface area contributed by atoms with E-state index in [0.29, 0.717) is 25.0 Å². The van der Waals surface area contributed by atoms with Gasteiger partial charge in [0.15, 0.2) is 17.0 Å². The van der Waals surface area contributed by atoms with Crippen LogP contribution >= 0.6 is 8.18 Å². The number of carbonyl (C=O) groups is 1. The third kappa shape index (κ3) is 13.2. The van der Waals surface area contributed by atoms with Crippen LogP contribution in [0.15, 0.2) is 6.33 Å². The Morgan fingerprint density at radius 2 is 1.64 bits per heavy atom. The molecule has 256 valence electrons. The molecule has 4 atom stereocenters. The van der Waals surface area contributed by atoms with Gasteiger partial charge in [-0.25, -0.2) is 10.1 Å². The summed E-state index contributed by atoms with van der Waals surface area (Å²) in [6.45, 7) is 6.14. The van der Waals surface area contributed by atoms with E-state index in [1.54, 1.807) is 11.5 Å². The fourth-order valence-corrected chi connectivity index (χ4v) is 6.73. The van der Waals surface area contributed by atoms with Crippen molar-refractivity contribution < 1.29 is 27.7 Å². The number of aromatic nitrogens is 4. The molecule has 3 N–H and O–H groups in total. The third-order valence-electron chi connectivity index (χ3n) is 8.51. The highest BCUT2D eigenvalue weighted by molar-refractivity contribution is 7.36. The van der Waals surface area contributed by atoms with Gasteiger partial charge in [0.05, 0.1) is 25.1 Å². The van der Waals surface area contributed by atoms with Gasteiger partial charge in [0.25, 0.3) is 8.18 Å². The Balaban J connectivity index is 1.18. The van der Waals surface area contributed by atoms with Crippen molar-refractivity contribution in [2.45, 2.75) is 154 Å². The van der Waals surface area contributed by atoms with Crippen LogP contribution in [0.4, 0.5) is 10.2 Å². The van der Waals surface area contributed by atoms with Crippen molar-refractivity contribution in [1.29, 1.82) is 0 Å². The number of unbranched alkanes of at least 4 members (excludes halogenated alkanes) is 15. The zero-order chi connectivity index (χ0) is 32.5. The lowest BCUT2D eigenvalue weighted by Gasteiger charge is -2.25. The number of rotatable bonds is 24. The number of carbonyl (C=O) groups excluding carboxylic acids is 1. The summed E-state index contributed by atoms with van der Waals surface area (Å²) in [5.74, 6) is -0.482. The first-order valence-electron chi connectivity index (χ1n) is 17.2. The summed E-state index contributed by atoms with van der Waals surface area (Å²) in [6, 6.07) is -0.750. The van der Waals surface area contributed by atoms with E-state index < -0.39 is 38.1 Å². The highest BCUT2D eigenvalue weighted by atomic mass is 31.1. The molecule has 1 aliphatic heterocycles. The maximum atomic E-state index is 13.7. The van der Waals surface area contributed by atoms with Crippen LogP contribution in [-0.2, 0) is 23.4 Å². The van der Waals surface area contributed by atoms with Crippen LogP contribution in [0.2, 0.25) is 0 Å². The summed E-state index contributed by atoms with van der Waals surface area (Å²) in [6.07, 6.45) is 21.9. The number of anilines is 1. The molecule has 0 aromatic carbocycles. The van der Waals surface area contributed by atoms with E-state index in [2.05, 4.69) is 27.0 Å². The topological polar surface area (TPSA) is 143 Å². The summed E-state index contributed by atoms with van der Waals surface area (Å²) in [4.78, 5) is 23.8. The first-order chi connectivity index (χ1) is 21.7. The van der Waals surface area contributed by atoms with Gasteiger partial charge in [-0.2, -0.15) is 14.4 Å². The number of esters is 1. The summed E-state index contributed by atoms with van der Waals surface area (Å²) in [5, 5.41) is 2.71. The minimum absolute atomic E-state index is 0.0392. The molecular formula is C32H56FN6O5P. The molecule has 0 spiro atoms. The predicted octanol–water partition coefficient (Wildman–Crippen LogP) is 7.80. The Labute approximate surface area is 268 Å². The van der Waals surface area contributed by atoms with Crippen molar-refractivity contribution in [2.24, 2.45) is 0 Å². The highest BCUT2D eigenvalue weighted by Crippen LogP contribution is 2.39. The van der Waals surface area contributed by atoms with Crippen LogP contribution in [-0.4, -0.2) is 50.3 Å². The fraction of sp³-hybridized carbons (Fsp3) is 0.812. The smallest absolute Gasteiger partial charge is 0.323 e. The van der Waals surface area contributed by atoms with E-state index in [1.807, 2.05) is 6.92 Å². The zero-order valence-corrected chi connectivity index (χ0v) is 28.7. The number of nitrogens with zero attached hydrogens (tertiary/aromatic N) is 4. The van der Waals surface area contributed by atoms with E-state index in [1.165, 1.54) is 89.8 Å². The first-order valence-corrected chi connectivity index (χ1v) is 18.5. The Bertz CT molecular complexity index is 1190. The molecule has 0 saturated carbocycles. The summed E-state index contributed by atoms with van der Waals surface area (Å²) >= 11 is 0. The van der Waals surface area contributed by atoms with Gasteiger partial charge in [-0.1, -0.05) is 103 Å². The SMILES string of the molecule is CCCCCCCCCCCCCCCCCCOC(=O)[C@H](C)N[PH](=O)OC[C@]1(C)CC[C@H](n2cnc3c(N)nc(F)nc32)O1. The third-order valence-corrected chi connectivity index (χ3v) is 9.59. The number of hydrogen-bond acceptors (Lipinski definition) is 9. The molecule has 0 bridgehead atoms. The van der Waals surface area contributed by atoms with Crippen molar-refractivity contribution in [3.05, 3.63) is 12.4 Å². The van der Waals surface area contributed by atoms with Crippen LogP contribution in [0.5, 0.6) is 0 Å². The lowest BCUT2D eigenvalue weighted by molar-refractivity contribution is -0.145. The molecule has 1 saturated heterocycles. The minimum atomic E-state index is -2.72. The van der Waals surface area contributed by atoms with Gasteiger partial charge in [-0.3, -0.25) is 13.9 Å². The predicted molar refractivity (Wildman–Crippen MR) is 176 cm³/mol. The van der Waals surface area contributed by atoms with E-state index in [0.717, 1.165) is 19.3 Å². The number of fused-ring (bicyclic) bond motifs is 1. The second kappa shape index (κ2) is 20.2. The van der Waals surface area contributed by atoms with Crippen molar-refractivity contribution in [3.63, 3.8) is 0 Å². The monoisotopic (exact) mass is 654 g/mol. The van der Waals surface area contributed by atoms with Crippen LogP contribution in [0.3, 0.4) is 0 Å². The van der Waals surface area contributed by atoms with Gasteiger partial charge in [-0.15, -0.1) is 0 Å². The molecule has 0 amide bonds. The average Bonchev–Trinajstić information content (AvgIpc) is 3.61. The van der Waals surface area contributed by atoms with Gasteiger partial charge in [0.2, 0.25) is 0 Å². The number of nitrogens with one attached hydrogen (secondary N) is 1. The van der Waals surface area contributed by atoms with Crippen LogP contribution < -0.4 is 10.8 Å². The van der Waals surface area contributed by atoms with Gasteiger partial charge in [-0.05, 0) is 33.1 Å². The molecule has 45 heavy (non-hydrogen) atoms. The van der Waals surface area contributed by atoms with E-state index >= 15 is 0 Å². The van der Waals surface area contributed by atoms with Crippen molar-refractivity contribution >= 4 is 31.1 Å². The quantitative estimate of drug-likeness (QED) is 0.0498. The number of nitrogens with two attached hydrogens (primary N) is 1. The molecular weight excluding hydrogens is 598 g/mol. The molecule has 11 nitrogen and oxygen atoms in total. The number of hydrogen-bond donors (Lipinski definition) is 2. The molecule has 1 aliphatic rings. The average molecular weight is 655 g/mol. The lowest BCUT2D eigenvalue weighted by Crippen LogP contribution is -2.33. The molecule has 0 aliphatic carbocycles. The molecule has 3 rings (SSSR count). The Morgan fingerprint density at radius 1 is 1.07 bits per heavy atom. The molecule has 0 radical (unpaired) electrons. The van der Waals surface area contributed by atoms with E-state index in [-0.39, 0.29) is 18.1 Å². The number of ether oxygens (including phenoxy) is 2. The van der Waals surface area contributed by atoms with E-state index in [4.69, 9.17) is 19.7 Å². The molecule has 3 heterocycles. The molecule has 2 aromatic rings. The molecule has 1 fully saturated rings. The molecule has 1 unspecified atom stereocenters. The van der Waals surface area contributed by atoms with Crippen molar-refractivity contribution in [1.82, 2.24) is 24.6 Å². The van der Waals surface area contributed by atoms with Gasteiger partial charge < -0.3 is 19.7 Å². The Hall–Kier alpha value is -2.14. The second-order valence-electron chi connectivity index (χ2n) is 12.7. The van der Waals surface area contributed by atoms with Crippen molar-refractivity contribution in [2.75, 3.05) is 18.9 Å². The number of imidazole rings is 1. The summed E-state index contributed by atoms with van der Waals surface area (Å²) < 4.78 is 45.0. The standard InChI is InChI=1S/C32H56FN6O5P/c1-4-5-6-7-8-9-10-11-12-13-14-15-16-17-18-19-22-42-30(40)25(2)38-45(41)43-23-32(3)21-20-26(44-32)39-24-35-27-28(34)36-31(33)37-29(27)39/h24-26,45H,4-23H2,1-3H3,(H,38,41)(H2,34,36,37)/t25-,26+,32-/m0/s1. The Morgan fingerprint density at radius 3 is 2.24 bits per heavy atom. The van der Waals surface area contributed by atoms with Crippen LogP contribution in [0, 0.1) is 6.08 Å². The van der Waals surface area contributed by atoms with Crippen LogP contribution in [0.25, 0.3) is 11.2 Å². The van der Waals surface area contributed by atoms with Gasteiger partial charge in [0.1, 0.15) is 12.3 Å². The molecule has 13 heteroatoms. The van der Waals surface area contributed by atoms with Crippen molar-refractivity contribution in [3.8, 4) is 0 Å². The fourth-order valence-electron chi connectivity index (χ4n) is 5.74. The number of nitrogen functional groups attached to an aromatic ring is 1. The van der Waals surface area contributed by atoms with Crippen LogP contribution in [0.1, 0.15) is 143 Å². The minimum Gasteiger partial charge on any atom is -0.465 e. The van der Waals surface area contributed by atoms with E-state index in [9.17, 15) is 13.8 Å². The second-order valence-corrected chi connectivity index (χ2v) is 13.8. The normalized spacial score (nSPS) is 19.7. The summed E-state index contributed by atoms with van der Waals surface area (Å²) in [7, 11) is -2.72. The summed E-state index contributed by atoms with van der Waals surface area (Å²) in [5.41, 5.74) is 5.56. The molecule has 2 aromatic heterocycles. The van der Waals surface area contributed by atoms with Gasteiger partial charge >= 0.3 is 12.0 Å². The number of halogens is 1. The lowest BCUT2D eigenvalue weighted by atomic mass is 10.0. The van der Waals surface area contributed by atoms with Gasteiger partial charge in [0, 0.05) is 0 Å². The maximum Gasteiger partial charge on any atom is 0.323 e. The largest absolute Gasteiger partial charge is 0.465 e. The highest BCUT2D eigenvalue weighted by Gasteiger charge is 2.38. The Kier molecular flexibility index (Phi) is 16.7.